The van der Waals surface area contributed by atoms with E-state index in [1.807, 2.05) is 36.4 Å². The molecule has 0 spiro atoms. The van der Waals surface area contributed by atoms with Crippen molar-refractivity contribution in [2.24, 2.45) is 0 Å². The van der Waals surface area contributed by atoms with Crippen molar-refractivity contribution in [3.8, 4) is 23.3 Å². The second-order valence-electron chi connectivity index (χ2n) is 5.44. The Balaban J connectivity index is 2.11. The number of methoxy groups -OCH3 is 2. The maximum atomic E-state index is 12.2. The molecule has 0 bridgehead atoms. The van der Waals surface area contributed by atoms with E-state index in [0.717, 1.165) is 5.56 Å². The molecule has 0 saturated heterocycles. The summed E-state index contributed by atoms with van der Waals surface area (Å²) in [6.07, 6.45) is 2.09. The molecule has 2 aromatic rings. The zero-order valence-electron chi connectivity index (χ0n) is 14.7. The van der Waals surface area contributed by atoms with Crippen molar-refractivity contribution in [2.75, 3.05) is 20.8 Å². The summed E-state index contributed by atoms with van der Waals surface area (Å²) in [7, 11) is 2.81. The molecule has 1 amide bonds. The van der Waals surface area contributed by atoms with Crippen molar-refractivity contribution >= 4 is 12.0 Å². The van der Waals surface area contributed by atoms with Crippen LogP contribution in [-0.2, 0) is 11.2 Å². The fraction of sp³-hybridized carbons (Fsp3) is 0.200. The van der Waals surface area contributed by atoms with Gasteiger partial charge in [-0.2, -0.15) is 5.26 Å². The molecule has 0 radical (unpaired) electrons. The highest BCUT2D eigenvalue weighted by molar-refractivity contribution is 6.01. The van der Waals surface area contributed by atoms with Gasteiger partial charge in [0.1, 0.15) is 11.6 Å². The second kappa shape index (κ2) is 9.14. The van der Waals surface area contributed by atoms with Crippen molar-refractivity contribution in [3.05, 3.63) is 59.2 Å². The molecule has 0 aliphatic rings. The van der Waals surface area contributed by atoms with Crippen LogP contribution in [0.25, 0.3) is 6.08 Å². The van der Waals surface area contributed by atoms with Gasteiger partial charge in [0.25, 0.3) is 5.91 Å². The molecule has 0 aliphatic heterocycles. The van der Waals surface area contributed by atoms with Gasteiger partial charge in [0, 0.05) is 6.54 Å². The van der Waals surface area contributed by atoms with Crippen LogP contribution in [0.4, 0.5) is 0 Å². The van der Waals surface area contributed by atoms with E-state index in [2.05, 4.69) is 5.32 Å². The number of phenols is 1. The summed E-state index contributed by atoms with van der Waals surface area (Å²) >= 11 is 0. The number of amides is 1. The summed E-state index contributed by atoms with van der Waals surface area (Å²) < 4.78 is 10.1. The van der Waals surface area contributed by atoms with Crippen LogP contribution in [0.1, 0.15) is 11.1 Å². The van der Waals surface area contributed by atoms with Crippen molar-refractivity contribution in [1.29, 1.82) is 5.26 Å². The van der Waals surface area contributed by atoms with E-state index >= 15 is 0 Å². The van der Waals surface area contributed by atoms with E-state index in [-0.39, 0.29) is 22.8 Å². The van der Waals surface area contributed by atoms with Gasteiger partial charge in [-0.05, 0) is 35.8 Å². The van der Waals surface area contributed by atoms with E-state index < -0.39 is 5.91 Å². The minimum atomic E-state index is -0.463. The number of phenolic OH excluding ortho intramolecular Hbond substituents is 1. The Hall–Kier alpha value is -3.46. The fourth-order valence-corrected chi connectivity index (χ4v) is 2.37. The Morgan fingerprint density at radius 3 is 2.35 bits per heavy atom. The molecule has 0 heterocycles. The predicted octanol–water partition coefficient (Wildman–Crippen LogP) is 2.68. The maximum absolute atomic E-state index is 12.2. The van der Waals surface area contributed by atoms with E-state index in [1.165, 1.54) is 32.4 Å². The summed E-state index contributed by atoms with van der Waals surface area (Å²) in [6, 6.07) is 14.7. The lowest BCUT2D eigenvalue weighted by atomic mass is 10.1. The molecule has 26 heavy (non-hydrogen) atoms. The van der Waals surface area contributed by atoms with Crippen LogP contribution in [0.5, 0.6) is 17.2 Å². The molecule has 0 atom stereocenters. The molecule has 2 rings (SSSR count). The minimum absolute atomic E-state index is 0.0483. The molecule has 6 nitrogen and oxygen atoms in total. The second-order valence-corrected chi connectivity index (χ2v) is 5.44. The highest BCUT2D eigenvalue weighted by Gasteiger charge is 2.13. The molecule has 0 fully saturated rings. The number of ether oxygens (including phenoxy) is 2. The Labute approximate surface area is 152 Å². The summed E-state index contributed by atoms with van der Waals surface area (Å²) in [5.74, 6) is -0.220. The van der Waals surface area contributed by atoms with E-state index in [4.69, 9.17) is 9.47 Å². The minimum Gasteiger partial charge on any atom is -0.502 e. The van der Waals surface area contributed by atoms with E-state index in [0.29, 0.717) is 18.5 Å². The molecule has 0 aromatic heterocycles. The predicted molar refractivity (Wildman–Crippen MR) is 98.0 cm³/mol. The Morgan fingerprint density at radius 2 is 1.81 bits per heavy atom. The van der Waals surface area contributed by atoms with Gasteiger partial charge < -0.3 is 19.9 Å². The smallest absolute Gasteiger partial charge is 0.261 e. The van der Waals surface area contributed by atoms with Gasteiger partial charge in [-0.3, -0.25) is 4.79 Å². The lowest BCUT2D eigenvalue weighted by Crippen LogP contribution is -2.26. The van der Waals surface area contributed by atoms with Crippen LogP contribution < -0.4 is 14.8 Å². The molecule has 0 aliphatic carbocycles. The van der Waals surface area contributed by atoms with Gasteiger partial charge in [-0.1, -0.05) is 30.3 Å². The quantitative estimate of drug-likeness (QED) is 0.590. The lowest BCUT2D eigenvalue weighted by molar-refractivity contribution is -0.117. The molecule has 134 valence electrons. The first-order chi connectivity index (χ1) is 12.6. The Kier molecular flexibility index (Phi) is 6.63. The van der Waals surface area contributed by atoms with Crippen molar-refractivity contribution < 1.29 is 19.4 Å². The van der Waals surface area contributed by atoms with Gasteiger partial charge in [0.15, 0.2) is 11.5 Å². The van der Waals surface area contributed by atoms with Crippen molar-refractivity contribution in [2.45, 2.75) is 6.42 Å². The number of carbonyl (C=O) groups excluding carboxylic acids is 1. The van der Waals surface area contributed by atoms with Gasteiger partial charge in [0.05, 0.1) is 14.2 Å². The summed E-state index contributed by atoms with van der Waals surface area (Å²) in [6.45, 7) is 0.421. The highest BCUT2D eigenvalue weighted by Crippen LogP contribution is 2.37. The molecule has 2 aromatic carbocycles. The summed E-state index contributed by atoms with van der Waals surface area (Å²) in [4.78, 5) is 12.2. The number of nitrogens with zero attached hydrogens (tertiary/aromatic N) is 1. The van der Waals surface area contributed by atoms with E-state index in [1.54, 1.807) is 0 Å². The third-order valence-electron chi connectivity index (χ3n) is 3.72. The largest absolute Gasteiger partial charge is 0.502 e. The molecular formula is C20H20N2O4. The van der Waals surface area contributed by atoms with Crippen LogP contribution in [0.15, 0.2) is 48.0 Å². The number of nitriles is 1. The number of nitrogens with one attached hydrogen (secondary N) is 1. The zero-order chi connectivity index (χ0) is 18.9. The van der Waals surface area contributed by atoms with Crippen LogP contribution in [0.3, 0.4) is 0 Å². The first-order valence-corrected chi connectivity index (χ1v) is 7.98. The van der Waals surface area contributed by atoms with Gasteiger partial charge >= 0.3 is 0 Å². The third-order valence-corrected chi connectivity index (χ3v) is 3.72. The average molecular weight is 352 g/mol. The normalized spacial score (nSPS) is 10.7. The van der Waals surface area contributed by atoms with Crippen LogP contribution in [-0.4, -0.2) is 31.8 Å². The number of benzene rings is 2. The number of hydrogen-bond acceptors (Lipinski definition) is 5. The number of hydrogen-bond donors (Lipinski definition) is 2. The number of carbonyl (C=O) groups is 1. The first kappa shape index (κ1) is 18.9. The average Bonchev–Trinajstić information content (AvgIpc) is 2.67. The summed E-state index contributed by atoms with van der Waals surface area (Å²) in [5, 5.41) is 21.9. The molecular weight excluding hydrogens is 332 g/mol. The molecule has 0 unspecified atom stereocenters. The fourth-order valence-electron chi connectivity index (χ4n) is 2.37. The Bertz CT molecular complexity index is 814. The standard InChI is InChI=1S/C20H20N2O4/c1-25-17-11-15(12-18(26-2)19(17)23)10-16(13-21)20(24)22-9-8-14-6-4-3-5-7-14/h3-7,10-12,23H,8-9H2,1-2H3,(H,22,24)/b16-10+. The van der Waals surface area contributed by atoms with Crippen molar-refractivity contribution in [3.63, 3.8) is 0 Å². The van der Waals surface area contributed by atoms with E-state index in [9.17, 15) is 15.2 Å². The van der Waals surface area contributed by atoms with Crippen LogP contribution >= 0.6 is 0 Å². The number of rotatable bonds is 7. The molecule has 2 N–H and O–H groups in total. The Morgan fingerprint density at radius 1 is 1.19 bits per heavy atom. The van der Waals surface area contributed by atoms with Crippen LogP contribution in [0.2, 0.25) is 0 Å². The third kappa shape index (κ3) is 4.77. The maximum Gasteiger partial charge on any atom is 0.261 e. The highest BCUT2D eigenvalue weighted by atomic mass is 16.5. The lowest BCUT2D eigenvalue weighted by Gasteiger charge is -2.10. The molecule has 0 saturated carbocycles. The molecule has 6 heteroatoms. The van der Waals surface area contributed by atoms with Gasteiger partial charge in [0.2, 0.25) is 5.75 Å². The zero-order valence-corrected chi connectivity index (χ0v) is 14.7. The SMILES string of the molecule is COc1cc(/C=C(\C#N)C(=O)NCCc2ccccc2)cc(OC)c1O. The number of aromatic hydroxyl groups is 1. The van der Waals surface area contributed by atoms with Crippen LogP contribution in [0, 0.1) is 11.3 Å². The monoisotopic (exact) mass is 352 g/mol. The summed E-state index contributed by atoms with van der Waals surface area (Å²) in [5.41, 5.74) is 1.56. The van der Waals surface area contributed by atoms with Gasteiger partial charge in [-0.25, -0.2) is 0 Å². The first-order valence-electron chi connectivity index (χ1n) is 7.98. The topological polar surface area (TPSA) is 91.6 Å². The van der Waals surface area contributed by atoms with Crippen molar-refractivity contribution in [1.82, 2.24) is 5.32 Å². The van der Waals surface area contributed by atoms with Gasteiger partial charge in [-0.15, -0.1) is 0 Å².